The number of nitrogens with zero attached hydrogens (tertiary/aromatic N) is 18. The Labute approximate surface area is 794 Å². The van der Waals surface area contributed by atoms with Crippen LogP contribution in [0.3, 0.4) is 0 Å². The molecule has 36 heteroatoms. The molecule has 0 unspecified atom stereocenters. The third-order valence-electron chi connectivity index (χ3n) is 29.2. The second-order valence-corrected chi connectivity index (χ2v) is 40.0. The molecule has 3 fully saturated rings. The molecule has 3 aliphatic carbocycles. The first-order valence-electron chi connectivity index (χ1n) is 48.1. The third kappa shape index (κ3) is 19.9. The number of carboxylic acids is 2. The van der Waals surface area contributed by atoms with Gasteiger partial charge in [-0.1, -0.05) is 6.07 Å². The number of fused-ring (bicyclic) bond motifs is 13. The summed E-state index contributed by atoms with van der Waals surface area (Å²) in [6, 6.07) is 27.6. The summed E-state index contributed by atoms with van der Waals surface area (Å²) in [5.74, 6) is 3.80. The Morgan fingerprint density at radius 1 is 0.467 bits per heavy atom. The lowest BCUT2D eigenvalue weighted by atomic mass is 9.83. The molecule has 20 rings (SSSR count). The van der Waals surface area contributed by atoms with Gasteiger partial charge in [0, 0.05) is 153 Å². The second kappa shape index (κ2) is 40.9. The van der Waals surface area contributed by atoms with Gasteiger partial charge in [0.25, 0.3) is 0 Å². The number of aromatic amines is 1. The maximum absolute atomic E-state index is 12.7. The molecule has 0 spiro atoms. The SMILES string of the molecule is COC(=O)N1c2ccc3c(nc(CCc4cnc(C)o4)n3C3CCC(C(=O)O)CC3)c2CC[C@@H]1C.COC(=O)N1c2ccc3c(nc(CCn4cccn4)n3CCS(C)(=O)=O)c2CC[C@@H]1C.COC(=O)N1c2ccc3c(nc(CCn4nccn4)n3C3CCC(C(=O)O)CC3)c2CC[C@@H]1C.COC(=O)N1c2ccc3c(nc(Cc4ccc5[nH]ccc5c4)n3C3CCC(C(C)=O)CC3)c2CC[C@@H]1C. The summed E-state index contributed by atoms with van der Waals surface area (Å²) < 4.78 is 60.5. The van der Waals surface area contributed by atoms with E-state index in [1.54, 1.807) is 56.1 Å². The number of aliphatic carboxylic acids is 2. The van der Waals surface area contributed by atoms with E-state index >= 15 is 0 Å². The number of H-pyrrole nitrogens is 1. The third-order valence-corrected chi connectivity index (χ3v) is 30.1. The zero-order chi connectivity index (χ0) is 96.4. The molecular weight excluding hydrogens is 1770 g/mol. The van der Waals surface area contributed by atoms with E-state index in [-0.39, 0.29) is 84.1 Å². The van der Waals surface area contributed by atoms with Gasteiger partial charge in [0.1, 0.15) is 44.7 Å². The van der Waals surface area contributed by atoms with Crippen molar-refractivity contribution in [1.82, 2.24) is 72.9 Å². The van der Waals surface area contributed by atoms with Gasteiger partial charge in [-0.15, -0.1) is 0 Å². The van der Waals surface area contributed by atoms with Crippen LogP contribution in [0, 0.1) is 24.7 Å². The molecule has 0 bridgehead atoms. The van der Waals surface area contributed by atoms with Gasteiger partial charge in [0.2, 0.25) is 0 Å². The van der Waals surface area contributed by atoms with Crippen LogP contribution < -0.4 is 19.6 Å². The first kappa shape index (κ1) is 95.4. The number of sulfone groups is 1. The number of oxazole rings is 1. The van der Waals surface area contributed by atoms with Crippen LogP contribution in [0.4, 0.5) is 41.9 Å². The molecule has 5 aromatic carbocycles. The monoisotopic (exact) mass is 1890 g/mol. The highest BCUT2D eigenvalue weighted by atomic mass is 32.2. The number of aromatic nitrogens is 15. The number of Topliss-reactive ketones (excluding diaryl/α,β-unsaturated/α-hetero) is 1. The molecule has 4 aliphatic heterocycles. The summed E-state index contributed by atoms with van der Waals surface area (Å²) in [5, 5.41) is 32.8. The van der Waals surface area contributed by atoms with E-state index in [1.165, 1.54) is 45.6 Å². The molecular formula is C101H123N19O16S. The van der Waals surface area contributed by atoms with Crippen LogP contribution in [0.15, 0.2) is 120 Å². The number of benzene rings is 5. The minimum Gasteiger partial charge on any atom is -0.481 e. The Morgan fingerprint density at radius 3 is 1.30 bits per heavy atom. The van der Waals surface area contributed by atoms with Crippen LogP contribution >= 0.6 is 0 Å². The highest BCUT2D eigenvalue weighted by Gasteiger charge is 2.40. The molecule has 7 aliphatic rings. The number of anilines is 4. The van der Waals surface area contributed by atoms with Gasteiger partial charge in [-0.2, -0.15) is 20.1 Å². The van der Waals surface area contributed by atoms with Gasteiger partial charge in [-0.3, -0.25) is 38.7 Å². The minimum atomic E-state index is -3.13. The summed E-state index contributed by atoms with van der Waals surface area (Å²) in [4.78, 5) is 122. The number of ketones is 1. The maximum Gasteiger partial charge on any atom is 0.414 e. The lowest BCUT2D eigenvalue weighted by Crippen LogP contribution is -2.42. The first-order chi connectivity index (χ1) is 66.1. The Morgan fingerprint density at radius 2 is 0.883 bits per heavy atom. The van der Waals surface area contributed by atoms with E-state index < -0.39 is 21.8 Å². The van der Waals surface area contributed by atoms with Crippen molar-refractivity contribution in [3.63, 3.8) is 0 Å². The van der Waals surface area contributed by atoms with Gasteiger partial charge < -0.3 is 56.8 Å². The summed E-state index contributed by atoms with van der Waals surface area (Å²) in [7, 11) is 2.51. The fraction of sp³-hybridized carbons (Fsp3) is 0.495. The number of nitrogens with one attached hydrogen (secondary N) is 1. The lowest BCUT2D eigenvalue weighted by Gasteiger charge is -2.34. The number of ether oxygens (including phenoxy) is 4. The number of rotatable bonds is 20. The van der Waals surface area contributed by atoms with Gasteiger partial charge >= 0.3 is 36.3 Å². The molecule has 13 aromatic rings. The van der Waals surface area contributed by atoms with Crippen molar-refractivity contribution in [1.29, 1.82) is 0 Å². The molecule has 3 N–H and O–H groups in total. The topological polar surface area (TPSA) is 406 Å². The first-order valence-corrected chi connectivity index (χ1v) is 50.1. The summed E-state index contributed by atoms with van der Waals surface area (Å²) in [5.41, 5.74) is 17.8. The fourth-order valence-corrected chi connectivity index (χ4v) is 22.5. The lowest BCUT2D eigenvalue weighted by molar-refractivity contribution is -0.144. The van der Waals surface area contributed by atoms with Crippen molar-refractivity contribution in [2.24, 2.45) is 17.8 Å². The molecule has 724 valence electrons. The molecule has 35 nitrogen and oxygen atoms in total. The van der Waals surface area contributed by atoms with E-state index in [0.717, 1.165) is 233 Å². The quantitative estimate of drug-likeness (QED) is 0.0597. The highest BCUT2D eigenvalue weighted by Crippen LogP contribution is 2.47. The van der Waals surface area contributed by atoms with Crippen molar-refractivity contribution in [2.45, 2.75) is 264 Å². The van der Waals surface area contributed by atoms with E-state index in [1.807, 2.05) is 85.7 Å². The molecule has 137 heavy (non-hydrogen) atoms. The standard InChI is InChI=1S/C30H34N4O3.C26H32N4O5.C24H30N6O4.C21H27N5O4S/c1-18-4-10-24-26(33(18)30(36)37-3)12-13-27-29(24)32-28(17-20-5-11-25-22(16-20)14-15-31-25)34(27)23-8-6-21(7-9-23)19(2)35;1-15-4-10-20-21(29(15)26(33)34-3)11-12-22-24(20)28-23(13-9-19-14-27-16(2)35-19)30(22)18-7-5-17(6-8-18)25(31)32;1-15-3-8-18-19(29(15)24(33)34-2)9-10-20-22(18)27-21(11-14-28-25-12-13-26-28)30(20)17-6-4-16(5-7-17)23(31)32;1-15-5-6-16-17(26(15)21(27)30-2)7-8-18-20(16)23-19(9-12-24-11-4-10-22-24)25(18)13-14-31(3,28)29/h5,11-16,18,21,23,31H,4,6-10,17H2,1-3H3;11-12,14-15,17-18H,4-10,13H2,1-3H3,(H,31,32);9-10,12-13,15-17H,3-8,11,14H2,1-2H3,(H,31,32);4,7-8,10-11,15H,5-6,9,12-14H2,1-3H3/t18-,21?,23?;15-,17?,18?;15-,16?,17?;15-/m0000/s1. The normalized spacial score (nSPS) is 20.9. The fourth-order valence-electron chi connectivity index (χ4n) is 22.0. The molecule has 0 radical (unpaired) electrons. The Hall–Kier alpha value is -13.3. The van der Waals surface area contributed by atoms with Crippen LogP contribution in [-0.2, 0) is 121 Å². The van der Waals surface area contributed by atoms with E-state index in [2.05, 4.69) is 88.4 Å². The average Bonchev–Trinajstić information content (AvgIpc) is 1.54. The van der Waals surface area contributed by atoms with Crippen molar-refractivity contribution in [3.8, 4) is 0 Å². The number of amides is 4. The number of hydrogen-bond acceptors (Lipinski definition) is 22. The van der Waals surface area contributed by atoms with E-state index in [9.17, 15) is 52.2 Å². The Balaban J connectivity index is 0.000000127. The summed E-state index contributed by atoms with van der Waals surface area (Å²) in [6.07, 6.45) is 30.2. The van der Waals surface area contributed by atoms with E-state index in [0.29, 0.717) is 88.7 Å². The summed E-state index contributed by atoms with van der Waals surface area (Å²) >= 11 is 0. The predicted molar refractivity (Wildman–Crippen MR) is 518 cm³/mol. The highest BCUT2D eigenvalue weighted by molar-refractivity contribution is 7.90. The molecule has 3 saturated carbocycles. The zero-order valence-electron chi connectivity index (χ0n) is 79.8. The van der Waals surface area contributed by atoms with Crippen LogP contribution in [0.5, 0.6) is 0 Å². The minimum absolute atomic E-state index is 0.0315. The predicted octanol–water partition coefficient (Wildman–Crippen LogP) is 17.2. The number of methoxy groups -OCH3 is 4. The molecule has 8 aromatic heterocycles. The summed E-state index contributed by atoms with van der Waals surface area (Å²) in [6.45, 7) is 13.3. The van der Waals surface area contributed by atoms with Crippen LogP contribution in [0.1, 0.15) is 218 Å². The molecule has 12 heterocycles. The van der Waals surface area contributed by atoms with E-state index in [4.69, 9.17) is 43.3 Å². The largest absolute Gasteiger partial charge is 0.481 e. The number of carbonyl (C=O) groups is 7. The van der Waals surface area contributed by atoms with Crippen molar-refractivity contribution < 1.29 is 75.6 Å². The Kier molecular flexibility index (Phi) is 28.5. The van der Waals surface area contributed by atoms with Gasteiger partial charge in [0.05, 0.1) is 138 Å². The molecule has 0 saturated heterocycles. The molecule has 4 atom stereocenters. The van der Waals surface area contributed by atoms with Gasteiger partial charge in [-0.25, -0.2) is 52.5 Å². The number of carbonyl (C=O) groups excluding carboxylic acids is 5. The van der Waals surface area contributed by atoms with Gasteiger partial charge in [0.15, 0.2) is 5.89 Å². The van der Waals surface area contributed by atoms with Crippen LogP contribution in [0.2, 0.25) is 0 Å². The number of carboxylic acid groups (broad SMARTS) is 2. The number of imidazole rings is 4. The number of hydrogen-bond donors (Lipinski definition) is 3. The molecule has 4 amide bonds. The van der Waals surface area contributed by atoms with Crippen molar-refractivity contribution in [3.05, 3.63) is 179 Å². The Bertz CT molecular complexity index is 6740. The number of aryl methyl sites for hydroxylation is 12. The van der Waals surface area contributed by atoms with Crippen LogP contribution in [-0.4, -0.2) is 198 Å². The van der Waals surface area contributed by atoms with Crippen molar-refractivity contribution in [2.75, 3.05) is 60.0 Å². The van der Waals surface area contributed by atoms with Gasteiger partial charge in [-0.05, 0) is 247 Å². The zero-order valence-corrected chi connectivity index (χ0v) is 80.6. The smallest absolute Gasteiger partial charge is 0.414 e. The maximum atomic E-state index is 12.7. The van der Waals surface area contributed by atoms with Crippen LogP contribution in [0.25, 0.3) is 55.0 Å². The van der Waals surface area contributed by atoms with Crippen molar-refractivity contribution >= 4 is 130 Å². The average molecular weight is 1890 g/mol. The second-order valence-electron chi connectivity index (χ2n) is 37.8.